The molecule has 0 unspecified atom stereocenters. The van der Waals surface area contributed by atoms with Crippen molar-refractivity contribution in [3.05, 3.63) is 77.4 Å². The lowest BCUT2D eigenvalue weighted by atomic mass is 9.86. The Balaban J connectivity index is 1.75. The van der Waals surface area contributed by atoms with Gasteiger partial charge in [0.05, 0.1) is 12.2 Å². The molecule has 1 N–H and O–H groups in total. The highest BCUT2D eigenvalue weighted by molar-refractivity contribution is 5.72. The molecule has 0 saturated carbocycles. The predicted octanol–water partition coefficient (Wildman–Crippen LogP) is 12.0. The maximum atomic E-state index is 11.5. The first-order valence-corrected chi connectivity index (χ1v) is 18.4. The molecule has 5 heteroatoms. The summed E-state index contributed by atoms with van der Waals surface area (Å²) in [6.45, 7) is 18.4. The molecule has 3 aromatic carbocycles. The highest BCUT2D eigenvalue weighted by Gasteiger charge is 2.20. The number of benzene rings is 3. The number of nitrogens with zero attached hydrogens (tertiary/aromatic N) is 3. The maximum absolute atomic E-state index is 11.5. The van der Waals surface area contributed by atoms with E-state index in [0.29, 0.717) is 29.6 Å². The standard InChI is InChI=1S/C43H59N3O2/c1-9-11-13-15-16-18-28-48-38-30-37(47)36(29-33(38)19-17-14-12-10-2)41-45-39(31-20-24-34(25-21-31)42(3,4)5)44-40(46-41)32-22-26-35(27-23-32)43(6,7)8/h20-27,29-30,47H,9-19,28H2,1-8H3. The average Bonchev–Trinajstić information content (AvgIpc) is 3.06. The number of rotatable bonds is 16. The van der Waals surface area contributed by atoms with Crippen molar-refractivity contribution in [3.63, 3.8) is 0 Å². The Bertz CT molecular complexity index is 1500. The van der Waals surface area contributed by atoms with Gasteiger partial charge in [-0.3, -0.25) is 0 Å². The second-order valence-corrected chi connectivity index (χ2v) is 15.4. The summed E-state index contributed by atoms with van der Waals surface area (Å²) in [6.07, 6.45) is 12.8. The fourth-order valence-electron chi connectivity index (χ4n) is 5.92. The molecule has 0 bridgehead atoms. The summed E-state index contributed by atoms with van der Waals surface area (Å²) < 4.78 is 6.32. The van der Waals surface area contributed by atoms with Gasteiger partial charge >= 0.3 is 0 Å². The maximum Gasteiger partial charge on any atom is 0.167 e. The molecule has 0 aliphatic heterocycles. The molecule has 5 nitrogen and oxygen atoms in total. The Morgan fingerprint density at radius 3 is 1.52 bits per heavy atom. The van der Waals surface area contributed by atoms with E-state index in [0.717, 1.165) is 41.7 Å². The van der Waals surface area contributed by atoms with Crippen LogP contribution in [0.5, 0.6) is 11.5 Å². The fraction of sp³-hybridized carbons (Fsp3) is 0.512. The van der Waals surface area contributed by atoms with Crippen LogP contribution in [0.3, 0.4) is 0 Å². The molecule has 4 rings (SSSR count). The Morgan fingerprint density at radius 2 is 1.02 bits per heavy atom. The van der Waals surface area contributed by atoms with Gasteiger partial charge in [-0.15, -0.1) is 0 Å². The van der Waals surface area contributed by atoms with Crippen molar-refractivity contribution in [1.82, 2.24) is 15.0 Å². The van der Waals surface area contributed by atoms with Crippen LogP contribution in [0.25, 0.3) is 34.2 Å². The van der Waals surface area contributed by atoms with Crippen LogP contribution < -0.4 is 4.74 Å². The molecule has 4 aromatic rings. The lowest BCUT2D eigenvalue weighted by Crippen LogP contribution is -2.11. The van der Waals surface area contributed by atoms with Crippen LogP contribution in [-0.2, 0) is 17.3 Å². The molecule has 0 aliphatic rings. The van der Waals surface area contributed by atoms with Crippen molar-refractivity contribution in [2.75, 3.05) is 6.61 Å². The third-order valence-corrected chi connectivity index (χ3v) is 9.13. The Kier molecular flexibility index (Phi) is 13.2. The molecule has 1 heterocycles. The molecule has 0 fully saturated rings. The van der Waals surface area contributed by atoms with Gasteiger partial charge in [0.1, 0.15) is 11.5 Å². The van der Waals surface area contributed by atoms with Gasteiger partial charge in [0, 0.05) is 17.2 Å². The van der Waals surface area contributed by atoms with E-state index in [9.17, 15) is 5.11 Å². The fourth-order valence-corrected chi connectivity index (χ4v) is 5.92. The molecule has 0 radical (unpaired) electrons. The zero-order chi connectivity index (χ0) is 34.7. The van der Waals surface area contributed by atoms with Gasteiger partial charge in [-0.25, -0.2) is 15.0 Å². The number of ether oxygens (including phenoxy) is 1. The number of aromatic hydroxyl groups is 1. The van der Waals surface area contributed by atoms with E-state index >= 15 is 0 Å². The summed E-state index contributed by atoms with van der Waals surface area (Å²) in [7, 11) is 0. The molecule has 0 atom stereocenters. The smallest absolute Gasteiger partial charge is 0.167 e. The third-order valence-electron chi connectivity index (χ3n) is 9.13. The van der Waals surface area contributed by atoms with Crippen molar-refractivity contribution in [2.24, 2.45) is 0 Å². The van der Waals surface area contributed by atoms with E-state index in [4.69, 9.17) is 19.7 Å². The first-order chi connectivity index (χ1) is 22.9. The van der Waals surface area contributed by atoms with Gasteiger partial charge in [-0.1, -0.05) is 155 Å². The zero-order valence-electron chi connectivity index (χ0n) is 31.0. The molecular formula is C43H59N3O2. The van der Waals surface area contributed by atoms with Gasteiger partial charge in [-0.2, -0.15) is 0 Å². The van der Waals surface area contributed by atoms with Gasteiger partial charge < -0.3 is 9.84 Å². The Hall–Kier alpha value is -3.73. The SMILES string of the molecule is CCCCCCCCOc1cc(O)c(-c2nc(-c3ccc(C(C)(C)C)cc3)nc(-c3ccc(C(C)(C)C)cc3)n2)cc1CCCCCC. The van der Waals surface area contributed by atoms with Crippen LogP contribution in [0.2, 0.25) is 0 Å². The predicted molar refractivity (Wildman–Crippen MR) is 202 cm³/mol. The van der Waals surface area contributed by atoms with E-state index in [1.165, 1.54) is 62.5 Å². The van der Waals surface area contributed by atoms with Gasteiger partial charge in [-0.05, 0) is 52.8 Å². The molecule has 0 saturated heterocycles. The van der Waals surface area contributed by atoms with Crippen molar-refractivity contribution in [2.45, 2.75) is 137 Å². The quantitative estimate of drug-likeness (QED) is 0.122. The number of hydrogen-bond acceptors (Lipinski definition) is 5. The Morgan fingerprint density at radius 1 is 0.562 bits per heavy atom. The molecule has 0 spiro atoms. The highest BCUT2D eigenvalue weighted by Crippen LogP contribution is 2.37. The minimum absolute atomic E-state index is 0.0426. The van der Waals surface area contributed by atoms with Gasteiger partial charge in [0.15, 0.2) is 17.5 Å². The highest BCUT2D eigenvalue weighted by atomic mass is 16.5. The topological polar surface area (TPSA) is 68.1 Å². The van der Waals surface area contributed by atoms with Crippen LogP contribution in [0.15, 0.2) is 60.7 Å². The van der Waals surface area contributed by atoms with Crippen molar-refractivity contribution in [3.8, 4) is 45.7 Å². The molecule has 1 aromatic heterocycles. The minimum atomic E-state index is 0.0426. The van der Waals surface area contributed by atoms with E-state index in [1.807, 2.05) is 6.07 Å². The van der Waals surface area contributed by atoms with Crippen LogP contribution in [-0.4, -0.2) is 26.7 Å². The number of phenolic OH excluding ortho intramolecular Hbond substituents is 1. The lowest BCUT2D eigenvalue weighted by molar-refractivity contribution is 0.299. The molecular weight excluding hydrogens is 590 g/mol. The number of aromatic nitrogens is 3. The van der Waals surface area contributed by atoms with E-state index in [2.05, 4.69) is 104 Å². The second-order valence-electron chi connectivity index (χ2n) is 15.4. The zero-order valence-corrected chi connectivity index (χ0v) is 31.0. The Labute approximate surface area is 290 Å². The van der Waals surface area contributed by atoms with Gasteiger partial charge in [0.2, 0.25) is 0 Å². The summed E-state index contributed by atoms with van der Waals surface area (Å²) in [6, 6.07) is 20.8. The molecule has 0 amide bonds. The summed E-state index contributed by atoms with van der Waals surface area (Å²) >= 11 is 0. The van der Waals surface area contributed by atoms with Crippen LogP contribution in [0, 0.1) is 0 Å². The molecule has 0 aliphatic carbocycles. The van der Waals surface area contributed by atoms with Crippen LogP contribution in [0.1, 0.15) is 136 Å². The first kappa shape index (κ1) is 37.1. The average molecular weight is 650 g/mol. The number of hydrogen-bond donors (Lipinski definition) is 1. The summed E-state index contributed by atoms with van der Waals surface area (Å²) in [5.74, 6) is 2.53. The van der Waals surface area contributed by atoms with E-state index < -0.39 is 0 Å². The lowest BCUT2D eigenvalue weighted by Gasteiger charge is -2.19. The van der Waals surface area contributed by atoms with Crippen molar-refractivity contribution in [1.29, 1.82) is 0 Å². The largest absolute Gasteiger partial charge is 0.507 e. The number of phenols is 1. The summed E-state index contributed by atoms with van der Waals surface area (Å²) in [5, 5.41) is 11.5. The second kappa shape index (κ2) is 17.1. The van der Waals surface area contributed by atoms with Gasteiger partial charge in [0.25, 0.3) is 0 Å². The first-order valence-electron chi connectivity index (χ1n) is 18.4. The molecule has 258 valence electrons. The van der Waals surface area contributed by atoms with Crippen molar-refractivity contribution < 1.29 is 9.84 Å². The van der Waals surface area contributed by atoms with E-state index in [1.54, 1.807) is 6.07 Å². The summed E-state index contributed by atoms with van der Waals surface area (Å²) in [4.78, 5) is 14.9. The summed E-state index contributed by atoms with van der Waals surface area (Å²) in [5.41, 5.74) is 6.12. The third kappa shape index (κ3) is 10.4. The van der Waals surface area contributed by atoms with Crippen LogP contribution >= 0.6 is 0 Å². The minimum Gasteiger partial charge on any atom is -0.507 e. The van der Waals surface area contributed by atoms with Crippen LogP contribution in [0.4, 0.5) is 0 Å². The van der Waals surface area contributed by atoms with E-state index in [-0.39, 0.29) is 16.6 Å². The van der Waals surface area contributed by atoms with Crippen molar-refractivity contribution >= 4 is 0 Å². The normalized spacial score (nSPS) is 12.0. The number of unbranched alkanes of at least 4 members (excludes halogenated alkanes) is 8. The monoisotopic (exact) mass is 649 g/mol. The number of aryl methyl sites for hydroxylation is 1. The molecule has 48 heavy (non-hydrogen) atoms.